The largest absolute Gasteiger partial charge is 1.00 e. The second kappa shape index (κ2) is 17.9. The van der Waals surface area contributed by atoms with Gasteiger partial charge in [-0.3, -0.25) is 14.4 Å². The maximum Gasteiger partial charge on any atom is 0.314 e. The Balaban J connectivity index is 0.00000650. The van der Waals surface area contributed by atoms with Crippen LogP contribution in [-0.2, 0) is 27.2 Å². The molecule has 4 rings (SSSR count). The zero-order valence-corrected chi connectivity index (χ0v) is 29.5. The van der Waals surface area contributed by atoms with Gasteiger partial charge >= 0.3 is 5.97 Å². The van der Waals surface area contributed by atoms with Crippen molar-refractivity contribution in [1.29, 1.82) is 0 Å². The van der Waals surface area contributed by atoms with Crippen molar-refractivity contribution < 1.29 is 55.6 Å². The molecule has 0 radical (unpaired) electrons. The number of hydrogen-bond acceptors (Lipinski definition) is 10. The molecule has 0 saturated heterocycles. The lowest BCUT2D eigenvalue weighted by Crippen LogP contribution is -3.00. The molecule has 3 aromatic rings. The molecular weight excluding hydrogens is 650 g/mol. The van der Waals surface area contributed by atoms with E-state index in [-0.39, 0.29) is 48.4 Å². The number of aliphatic hydroxyl groups is 1. The van der Waals surface area contributed by atoms with Gasteiger partial charge < -0.3 is 46.9 Å². The summed E-state index contributed by atoms with van der Waals surface area (Å²) in [5, 5.41) is 10.8. The summed E-state index contributed by atoms with van der Waals surface area (Å²) in [6, 6.07) is 15.4. The molecule has 0 aliphatic heterocycles. The van der Waals surface area contributed by atoms with Crippen molar-refractivity contribution in [2.24, 2.45) is 17.6 Å². The number of Topliss-reactive ketones (excluding diaryl/α,β-unsaturated/α-hetero) is 1. The van der Waals surface area contributed by atoms with Gasteiger partial charge in [0.15, 0.2) is 34.6 Å². The van der Waals surface area contributed by atoms with Gasteiger partial charge in [0.1, 0.15) is 6.10 Å². The van der Waals surface area contributed by atoms with Gasteiger partial charge in [-0.2, -0.15) is 0 Å². The number of esters is 1. The van der Waals surface area contributed by atoms with E-state index >= 15 is 0 Å². The van der Waals surface area contributed by atoms with Crippen LogP contribution < -0.4 is 41.8 Å². The van der Waals surface area contributed by atoms with Gasteiger partial charge in [-0.1, -0.05) is 50.2 Å². The lowest BCUT2D eigenvalue weighted by molar-refractivity contribution is -0.143. The molecule has 3 N–H and O–H groups in total. The number of fused-ring (bicyclic) bond motifs is 1. The van der Waals surface area contributed by atoms with Crippen LogP contribution in [0.1, 0.15) is 55.4 Å². The van der Waals surface area contributed by atoms with Crippen molar-refractivity contribution in [2.45, 2.75) is 58.1 Å². The fourth-order valence-corrected chi connectivity index (χ4v) is 6.05. The molecule has 0 heterocycles. The molecule has 0 spiro atoms. The summed E-state index contributed by atoms with van der Waals surface area (Å²) >= 11 is 0. The number of carbonyl (C=O) groups is 3. The standard InChI is InChI=1S/C38H45NO9.ClH/c1-22(2)16-25(18-31(41)35(42)30(39)17-23-10-8-7-9-11-23)38(43)48-33-19-24(12-15-32(33)44-3)28-20-26(40)13-14-27-29(28)21-34(45-4)37(47-6)36(27)46-5;/h7-12,15,19-22,25,30,35,42H,13-14,16-18,39H2,1-6H3;1H/p-1. The Morgan fingerprint density at radius 1 is 0.857 bits per heavy atom. The van der Waals surface area contributed by atoms with E-state index in [4.69, 9.17) is 29.4 Å². The first-order chi connectivity index (χ1) is 23.0. The van der Waals surface area contributed by atoms with Crippen LogP contribution in [0, 0.1) is 11.8 Å². The molecule has 0 saturated carbocycles. The quantitative estimate of drug-likeness (QED) is 0.179. The summed E-state index contributed by atoms with van der Waals surface area (Å²) in [6.07, 6.45) is 1.21. The van der Waals surface area contributed by atoms with Crippen molar-refractivity contribution in [2.75, 3.05) is 28.4 Å². The molecule has 10 nitrogen and oxygen atoms in total. The molecule has 11 heteroatoms. The average molecular weight is 695 g/mol. The monoisotopic (exact) mass is 694 g/mol. The first-order valence-corrected chi connectivity index (χ1v) is 16.0. The van der Waals surface area contributed by atoms with E-state index in [0.717, 1.165) is 11.1 Å². The fraction of sp³-hybridized carbons (Fsp3) is 0.395. The SMILES string of the molecule is COc1ccc(C2=CC(=O)CCc3c2cc(OC)c(OC)c3OC)cc1OC(=O)C(CC(=O)C(O)C(N)Cc1ccccc1)CC(C)C.[Cl-]. The zero-order valence-electron chi connectivity index (χ0n) is 28.8. The molecule has 49 heavy (non-hydrogen) atoms. The van der Waals surface area contributed by atoms with Crippen LogP contribution in [-0.4, -0.2) is 63.2 Å². The zero-order chi connectivity index (χ0) is 35.0. The molecule has 0 fully saturated rings. The lowest BCUT2D eigenvalue weighted by Gasteiger charge is -2.22. The Bertz CT molecular complexity index is 1650. The highest BCUT2D eigenvalue weighted by atomic mass is 35.5. The van der Waals surface area contributed by atoms with Crippen LogP contribution in [0.15, 0.2) is 60.7 Å². The van der Waals surface area contributed by atoms with Crippen molar-refractivity contribution in [3.05, 3.63) is 82.9 Å². The number of nitrogens with two attached hydrogens (primary N) is 1. The second-order valence-electron chi connectivity index (χ2n) is 12.3. The number of halogens is 1. The van der Waals surface area contributed by atoms with Crippen LogP contribution in [0.3, 0.4) is 0 Å². The minimum atomic E-state index is -1.45. The highest BCUT2D eigenvalue weighted by Crippen LogP contribution is 2.47. The maximum absolute atomic E-state index is 13.7. The van der Waals surface area contributed by atoms with Gasteiger partial charge in [0, 0.05) is 24.4 Å². The van der Waals surface area contributed by atoms with Gasteiger partial charge in [-0.25, -0.2) is 0 Å². The number of hydrogen-bond donors (Lipinski definition) is 2. The summed E-state index contributed by atoms with van der Waals surface area (Å²) in [7, 11) is 6.04. The van der Waals surface area contributed by atoms with Crippen LogP contribution in [0.25, 0.3) is 5.57 Å². The summed E-state index contributed by atoms with van der Waals surface area (Å²) in [4.78, 5) is 39.9. The van der Waals surface area contributed by atoms with Gasteiger partial charge in [-0.05, 0) is 71.7 Å². The van der Waals surface area contributed by atoms with Crippen LogP contribution in [0.2, 0.25) is 0 Å². The average Bonchev–Trinajstić information content (AvgIpc) is 3.24. The molecule has 0 bridgehead atoms. The van der Waals surface area contributed by atoms with E-state index in [1.165, 1.54) is 28.4 Å². The third-order valence-electron chi connectivity index (χ3n) is 8.42. The van der Waals surface area contributed by atoms with Gasteiger partial charge in [-0.15, -0.1) is 0 Å². The van der Waals surface area contributed by atoms with E-state index in [1.54, 1.807) is 30.3 Å². The highest BCUT2D eigenvalue weighted by molar-refractivity contribution is 6.03. The molecule has 1 aliphatic rings. The molecule has 264 valence electrons. The third kappa shape index (κ3) is 9.41. The Hall–Kier alpha value is -4.38. The normalized spacial score (nSPS) is 14.3. The molecule has 3 aromatic carbocycles. The molecular formula is C38H45ClNO9-. The number of ketones is 2. The first kappa shape index (κ1) is 39.1. The van der Waals surface area contributed by atoms with Gasteiger partial charge in [0.05, 0.1) is 34.4 Å². The van der Waals surface area contributed by atoms with Crippen molar-refractivity contribution in [1.82, 2.24) is 0 Å². The van der Waals surface area contributed by atoms with Crippen LogP contribution >= 0.6 is 0 Å². The van der Waals surface area contributed by atoms with Crippen LogP contribution in [0.4, 0.5) is 0 Å². The Labute approximate surface area is 293 Å². The summed E-state index contributed by atoms with van der Waals surface area (Å²) < 4.78 is 28.4. The van der Waals surface area contributed by atoms with E-state index in [2.05, 4.69) is 0 Å². The topological polar surface area (TPSA) is 144 Å². The molecule has 0 aromatic heterocycles. The molecule has 3 unspecified atom stereocenters. The van der Waals surface area contributed by atoms with E-state index in [0.29, 0.717) is 53.2 Å². The number of aliphatic hydroxyl groups excluding tert-OH is 1. The number of methoxy groups -OCH3 is 4. The van der Waals surface area contributed by atoms with E-state index < -0.39 is 29.8 Å². The smallest absolute Gasteiger partial charge is 0.314 e. The minimum absolute atomic E-state index is 0. The Morgan fingerprint density at radius 2 is 1.53 bits per heavy atom. The molecule has 0 amide bonds. The predicted molar refractivity (Wildman–Crippen MR) is 182 cm³/mol. The second-order valence-corrected chi connectivity index (χ2v) is 12.3. The Kier molecular flexibility index (Phi) is 14.2. The maximum atomic E-state index is 13.7. The first-order valence-electron chi connectivity index (χ1n) is 16.0. The Morgan fingerprint density at radius 3 is 2.14 bits per heavy atom. The number of carbonyl (C=O) groups excluding carboxylic acids is 3. The van der Waals surface area contributed by atoms with Gasteiger partial charge in [0.25, 0.3) is 0 Å². The number of ether oxygens (including phenoxy) is 5. The van der Waals surface area contributed by atoms with Crippen molar-refractivity contribution >= 4 is 23.1 Å². The van der Waals surface area contributed by atoms with E-state index in [1.807, 2.05) is 44.2 Å². The number of benzene rings is 3. The summed E-state index contributed by atoms with van der Waals surface area (Å²) in [5.74, 6) is -0.311. The number of allylic oxidation sites excluding steroid dienone is 1. The van der Waals surface area contributed by atoms with Crippen LogP contribution in [0.5, 0.6) is 28.7 Å². The summed E-state index contributed by atoms with van der Waals surface area (Å²) in [6.45, 7) is 3.88. The number of rotatable bonds is 15. The third-order valence-corrected chi connectivity index (χ3v) is 8.42. The fourth-order valence-electron chi connectivity index (χ4n) is 6.05. The summed E-state index contributed by atoms with van der Waals surface area (Å²) in [5.41, 5.74) is 9.75. The lowest BCUT2D eigenvalue weighted by atomic mass is 9.89. The van der Waals surface area contributed by atoms with Crippen molar-refractivity contribution in [3.8, 4) is 28.7 Å². The van der Waals surface area contributed by atoms with E-state index in [9.17, 15) is 19.5 Å². The van der Waals surface area contributed by atoms with Crippen molar-refractivity contribution in [3.63, 3.8) is 0 Å². The predicted octanol–water partition coefficient (Wildman–Crippen LogP) is 2.13. The molecule has 3 atom stereocenters. The minimum Gasteiger partial charge on any atom is -1.00 e. The highest BCUT2D eigenvalue weighted by Gasteiger charge is 2.32. The molecule has 1 aliphatic carbocycles. The van der Waals surface area contributed by atoms with Gasteiger partial charge in [0.2, 0.25) is 5.75 Å².